The topological polar surface area (TPSA) is 90.0 Å². The van der Waals surface area contributed by atoms with Crippen LogP contribution in [0.15, 0.2) is 72.8 Å². The van der Waals surface area contributed by atoms with Gasteiger partial charge in [0.15, 0.2) is 0 Å². The third-order valence-electron chi connectivity index (χ3n) is 7.76. The Kier molecular flexibility index (Phi) is 6.44. The van der Waals surface area contributed by atoms with Crippen LogP contribution >= 0.6 is 0 Å². The molecule has 3 aromatic carbocycles. The molecule has 4 amide bonds. The second-order valence-electron chi connectivity index (χ2n) is 10.0. The second-order valence-corrected chi connectivity index (χ2v) is 10.0. The van der Waals surface area contributed by atoms with Gasteiger partial charge in [-0.3, -0.25) is 34.3 Å². The van der Waals surface area contributed by atoms with Crippen molar-refractivity contribution >= 4 is 29.3 Å². The molecule has 198 valence electrons. The predicted octanol–water partition coefficient (Wildman–Crippen LogP) is 3.14. The molecule has 1 N–H and O–H groups in total. The minimum absolute atomic E-state index is 0.0284. The van der Waals surface area contributed by atoms with Crippen LogP contribution in [0, 0.1) is 5.82 Å². The van der Waals surface area contributed by atoms with Crippen LogP contribution in [0.25, 0.3) is 0 Å². The van der Waals surface area contributed by atoms with Gasteiger partial charge in [0.2, 0.25) is 11.8 Å². The van der Waals surface area contributed by atoms with E-state index in [9.17, 15) is 19.2 Å². The largest absolute Gasteiger partial charge is 0.367 e. The summed E-state index contributed by atoms with van der Waals surface area (Å²) >= 11 is 0. The van der Waals surface area contributed by atoms with Gasteiger partial charge in [-0.1, -0.05) is 60.7 Å². The number of anilines is 1. The van der Waals surface area contributed by atoms with Gasteiger partial charge in [-0.05, 0) is 29.7 Å². The molecule has 1 unspecified atom stereocenters. The molecule has 3 heterocycles. The van der Waals surface area contributed by atoms with Crippen molar-refractivity contribution in [2.45, 2.75) is 24.9 Å². The lowest BCUT2D eigenvalue weighted by atomic mass is 9.96. The van der Waals surface area contributed by atoms with Gasteiger partial charge in [-0.25, -0.2) is 4.39 Å². The number of imide groups is 2. The van der Waals surface area contributed by atoms with Crippen molar-refractivity contribution in [1.29, 1.82) is 0 Å². The third kappa shape index (κ3) is 4.48. The molecular weight excluding hydrogens is 499 g/mol. The highest BCUT2D eigenvalue weighted by Crippen LogP contribution is 2.34. The van der Waals surface area contributed by atoms with Crippen LogP contribution in [-0.4, -0.2) is 65.6 Å². The first-order chi connectivity index (χ1) is 18.9. The first kappa shape index (κ1) is 24.9. The van der Waals surface area contributed by atoms with E-state index in [0.29, 0.717) is 26.2 Å². The normalized spacial score (nSPS) is 20.0. The summed E-state index contributed by atoms with van der Waals surface area (Å²) in [5.74, 6) is -3.08. The van der Waals surface area contributed by atoms with Gasteiger partial charge in [-0.2, -0.15) is 0 Å². The average Bonchev–Trinajstić information content (AvgIpc) is 3.18. The van der Waals surface area contributed by atoms with Crippen LogP contribution in [-0.2, 0) is 9.59 Å². The van der Waals surface area contributed by atoms with Gasteiger partial charge >= 0.3 is 0 Å². The van der Waals surface area contributed by atoms with E-state index < -0.39 is 35.5 Å². The van der Waals surface area contributed by atoms with Gasteiger partial charge in [-0.15, -0.1) is 0 Å². The molecule has 39 heavy (non-hydrogen) atoms. The molecule has 6 rings (SSSR count). The number of piperidine rings is 1. The zero-order valence-electron chi connectivity index (χ0n) is 21.2. The molecule has 9 heteroatoms. The van der Waals surface area contributed by atoms with Crippen LogP contribution < -0.4 is 10.2 Å². The molecular formula is C30H27FN4O4. The SMILES string of the molecule is O=C1CCC(N2C(=O)c3cc(F)c(N4CCN(C(c5ccccc5)c5ccccc5)CC4)cc3C2=O)C(=O)N1. The lowest BCUT2D eigenvalue weighted by molar-refractivity contribution is -0.136. The molecule has 2 fully saturated rings. The van der Waals surface area contributed by atoms with Crippen LogP contribution in [0.4, 0.5) is 10.1 Å². The van der Waals surface area contributed by atoms with Crippen molar-refractivity contribution in [1.82, 2.24) is 15.1 Å². The monoisotopic (exact) mass is 526 g/mol. The maximum absolute atomic E-state index is 15.4. The van der Waals surface area contributed by atoms with E-state index >= 15 is 4.39 Å². The minimum Gasteiger partial charge on any atom is -0.367 e. The van der Waals surface area contributed by atoms with Crippen molar-refractivity contribution in [3.8, 4) is 0 Å². The molecule has 0 aromatic heterocycles. The Morgan fingerprint density at radius 1 is 0.769 bits per heavy atom. The quantitative estimate of drug-likeness (QED) is 0.514. The van der Waals surface area contributed by atoms with Gasteiger partial charge in [0.05, 0.1) is 22.9 Å². The Bertz CT molecular complexity index is 1420. The summed E-state index contributed by atoms with van der Waals surface area (Å²) in [4.78, 5) is 55.2. The number of nitrogens with zero attached hydrogens (tertiary/aromatic N) is 3. The Hall–Kier alpha value is -4.37. The molecule has 3 aromatic rings. The first-order valence-corrected chi connectivity index (χ1v) is 13.1. The number of benzene rings is 3. The van der Waals surface area contributed by atoms with Crippen LogP contribution in [0.2, 0.25) is 0 Å². The van der Waals surface area contributed by atoms with E-state index in [4.69, 9.17) is 0 Å². The van der Waals surface area contributed by atoms with Crippen LogP contribution in [0.5, 0.6) is 0 Å². The fourth-order valence-corrected chi connectivity index (χ4v) is 5.83. The Labute approximate surface area is 225 Å². The molecule has 0 saturated carbocycles. The number of rotatable bonds is 5. The highest BCUT2D eigenvalue weighted by Gasteiger charge is 2.45. The number of nitrogens with one attached hydrogen (secondary N) is 1. The summed E-state index contributed by atoms with van der Waals surface area (Å²) in [6.07, 6.45) is 0.0814. The van der Waals surface area contributed by atoms with E-state index in [-0.39, 0.29) is 35.7 Å². The predicted molar refractivity (Wildman–Crippen MR) is 142 cm³/mol. The zero-order chi connectivity index (χ0) is 27.1. The molecule has 0 bridgehead atoms. The summed E-state index contributed by atoms with van der Waals surface area (Å²) in [6, 6.07) is 22.0. The minimum atomic E-state index is -1.09. The number of hydrogen-bond donors (Lipinski definition) is 1. The fourth-order valence-electron chi connectivity index (χ4n) is 5.83. The molecule has 0 aliphatic carbocycles. The van der Waals surface area contributed by atoms with E-state index in [1.165, 1.54) is 17.2 Å². The maximum Gasteiger partial charge on any atom is 0.262 e. The average molecular weight is 527 g/mol. The summed E-state index contributed by atoms with van der Waals surface area (Å²) in [5.41, 5.74) is 2.64. The number of halogens is 1. The van der Waals surface area contributed by atoms with Crippen LogP contribution in [0.1, 0.15) is 50.7 Å². The fraction of sp³-hybridized carbons (Fsp3) is 0.267. The van der Waals surface area contributed by atoms with E-state index in [1.54, 1.807) is 0 Å². The molecule has 0 radical (unpaired) electrons. The van der Waals surface area contributed by atoms with Crippen molar-refractivity contribution in [2.75, 3.05) is 31.1 Å². The highest BCUT2D eigenvalue weighted by molar-refractivity contribution is 6.23. The van der Waals surface area contributed by atoms with E-state index in [1.807, 2.05) is 41.3 Å². The maximum atomic E-state index is 15.4. The Balaban J connectivity index is 1.22. The summed E-state index contributed by atoms with van der Waals surface area (Å²) in [6.45, 7) is 2.40. The number of piperazine rings is 1. The van der Waals surface area contributed by atoms with E-state index in [0.717, 1.165) is 11.0 Å². The number of amides is 4. The zero-order valence-corrected chi connectivity index (χ0v) is 21.2. The van der Waals surface area contributed by atoms with Crippen molar-refractivity contribution in [2.24, 2.45) is 0 Å². The molecule has 3 aliphatic heterocycles. The molecule has 0 spiro atoms. The van der Waals surface area contributed by atoms with Gasteiger partial charge in [0.25, 0.3) is 11.8 Å². The lowest BCUT2D eigenvalue weighted by Gasteiger charge is -2.40. The molecule has 8 nitrogen and oxygen atoms in total. The second kappa shape index (κ2) is 10.1. The summed E-state index contributed by atoms with van der Waals surface area (Å²) < 4.78 is 15.4. The summed E-state index contributed by atoms with van der Waals surface area (Å²) in [7, 11) is 0. The molecule has 3 aliphatic rings. The van der Waals surface area contributed by atoms with E-state index in [2.05, 4.69) is 34.5 Å². The number of hydrogen-bond acceptors (Lipinski definition) is 6. The van der Waals surface area contributed by atoms with Gasteiger partial charge in [0, 0.05) is 32.6 Å². The highest BCUT2D eigenvalue weighted by atomic mass is 19.1. The van der Waals surface area contributed by atoms with Gasteiger partial charge < -0.3 is 4.90 Å². The molecule has 2 saturated heterocycles. The first-order valence-electron chi connectivity index (χ1n) is 13.1. The standard InChI is InChI=1S/C30H27FN4O4/c31-23-17-21-22(30(39)35(29(21)38)24-11-12-26(36)32-28(24)37)18-25(23)33-13-15-34(16-14-33)27(19-7-3-1-4-8-19)20-9-5-2-6-10-20/h1-10,17-18,24,27H,11-16H2,(H,32,36,37). The smallest absolute Gasteiger partial charge is 0.262 e. The number of fused-ring (bicyclic) bond motifs is 1. The Morgan fingerprint density at radius 3 is 1.90 bits per heavy atom. The van der Waals surface area contributed by atoms with Crippen molar-refractivity contribution in [3.63, 3.8) is 0 Å². The summed E-state index contributed by atoms with van der Waals surface area (Å²) in [5, 5.41) is 2.17. The van der Waals surface area contributed by atoms with Crippen LogP contribution in [0.3, 0.4) is 0 Å². The number of carbonyl (C=O) groups is 4. The van der Waals surface area contributed by atoms with Crippen molar-refractivity contribution < 1.29 is 23.6 Å². The van der Waals surface area contributed by atoms with Gasteiger partial charge in [0.1, 0.15) is 11.9 Å². The van der Waals surface area contributed by atoms with Crippen molar-refractivity contribution in [3.05, 3.63) is 101 Å². The number of carbonyl (C=O) groups excluding carboxylic acids is 4. The molecule has 1 atom stereocenters. The Morgan fingerprint density at radius 2 is 1.33 bits per heavy atom. The lowest BCUT2D eigenvalue weighted by Crippen LogP contribution is -2.54. The third-order valence-corrected chi connectivity index (χ3v) is 7.76.